The molecule has 4 nitrogen and oxygen atoms in total. The number of nitrogens with zero attached hydrogens (tertiary/aromatic N) is 2. The predicted molar refractivity (Wildman–Crippen MR) is 42.7 cm³/mol. The van der Waals surface area contributed by atoms with Gasteiger partial charge in [-0.15, -0.1) is 0 Å². The van der Waals surface area contributed by atoms with Crippen LogP contribution in [0, 0.1) is 0 Å². The minimum atomic E-state index is 0.395. The summed E-state index contributed by atoms with van der Waals surface area (Å²) < 4.78 is 4.80. The van der Waals surface area contributed by atoms with Crippen molar-refractivity contribution in [3.05, 3.63) is 12.4 Å². The highest BCUT2D eigenvalue weighted by Crippen LogP contribution is 2.05. The highest BCUT2D eigenvalue weighted by molar-refractivity contribution is 5.37. The molecular weight excluding hydrogens is 142 g/mol. The van der Waals surface area contributed by atoms with Crippen molar-refractivity contribution >= 4 is 5.69 Å². The van der Waals surface area contributed by atoms with Crippen LogP contribution in [0.1, 0.15) is 6.92 Å². The molecule has 0 saturated heterocycles. The maximum atomic E-state index is 4.80. The Bertz CT molecular complexity index is 209. The lowest BCUT2D eigenvalue weighted by molar-refractivity contribution is 0.380. The van der Waals surface area contributed by atoms with Crippen LogP contribution < -0.4 is 10.1 Å². The fourth-order valence-electron chi connectivity index (χ4n) is 0.717. The van der Waals surface area contributed by atoms with Gasteiger partial charge in [-0.25, -0.2) is 9.97 Å². The van der Waals surface area contributed by atoms with Gasteiger partial charge in [-0.05, 0) is 6.92 Å². The van der Waals surface area contributed by atoms with E-state index in [4.69, 9.17) is 4.74 Å². The monoisotopic (exact) mass is 153 g/mol. The molecule has 0 amide bonds. The van der Waals surface area contributed by atoms with Crippen LogP contribution in [0.5, 0.6) is 6.01 Å². The van der Waals surface area contributed by atoms with Crippen LogP contribution in [0.4, 0.5) is 5.69 Å². The number of ether oxygens (including phenoxy) is 1. The number of hydrogen-bond donors (Lipinski definition) is 1. The largest absolute Gasteiger partial charge is 0.467 e. The molecule has 1 N–H and O–H groups in total. The molecule has 1 aromatic rings. The van der Waals surface area contributed by atoms with E-state index in [1.165, 1.54) is 0 Å². The van der Waals surface area contributed by atoms with E-state index in [-0.39, 0.29) is 0 Å². The minimum absolute atomic E-state index is 0.395. The summed E-state index contributed by atoms with van der Waals surface area (Å²) in [7, 11) is 1.54. The molecule has 0 fully saturated rings. The first-order valence-electron chi connectivity index (χ1n) is 3.46. The zero-order chi connectivity index (χ0) is 8.10. The van der Waals surface area contributed by atoms with E-state index < -0.39 is 0 Å². The predicted octanol–water partition coefficient (Wildman–Crippen LogP) is 0.917. The Morgan fingerprint density at radius 1 is 1.45 bits per heavy atom. The fourth-order valence-corrected chi connectivity index (χ4v) is 0.717. The number of anilines is 1. The summed E-state index contributed by atoms with van der Waals surface area (Å²) in [5.74, 6) is 0. The molecule has 1 rings (SSSR count). The van der Waals surface area contributed by atoms with Gasteiger partial charge in [-0.3, -0.25) is 0 Å². The Morgan fingerprint density at radius 2 is 2.09 bits per heavy atom. The van der Waals surface area contributed by atoms with Crippen molar-refractivity contribution in [1.82, 2.24) is 9.97 Å². The van der Waals surface area contributed by atoms with Crippen LogP contribution in [-0.4, -0.2) is 23.6 Å². The van der Waals surface area contributed by atoms with E-state index in [1.54, 1.807) is 19.5 Å². The van der Waals surface area contributed by atoms with Crippen molar-refractivity contribution in [2.75, 3.05) is 19.0 Å². The Hall–Kier alpha value is -1.32. The molecule has 0 bridgehead atoms. The first-order chi connectivity index (χ1) is 5.36. The van der Waals surface area contributed by atoms with Crippen LogP contribution in [0.3, 0.4) is 0 Å². The highest BCUT2D eigenvalue weighted by atomic mass is 16.5. The van der Waals surface area contributed by atoms with E-state index in [0.717, 1.165) is 12.2 Å². The van der Waals surface area contributed by atoms with Gasteiger partial charge in [-0.2, -0.15) is 0 Å². The molecule has 0 radical (unpaired) electrons. The molecule has 4 heteroatoms. The third kappa shape index (κ3) is 2.07. The van der Waals surface area contributed by atoms with Crippen LogP contribution in [0.2, 0.25) is 0 Å². The molecule has 0 saturated carbocycles. The van der Waals surface area contributed by atoms with E-state index in [2.05, 4.69) is 15.3 Å². The lowest BCUT2D eigenvalue weighted by atomic mass is 10.5. The summed E-state index contributed by atoms with van der Waals surface area (Å²) in [6, 6.07) is 0.395. The Balaban J connectivity index is 2.66. The zero-order valence-corrected chi connectivity index (χ0v) is 6.66. The van der Waals surface area contributed by atoms with Crippen molar-refractivity contribution in [1.29, 1.82) is 0 Å². The number of nitrogens with one attached hydrogen (secondary N) is 1. The third-order valence-electron chi connectivity index (χ3n) is 1.19. The number of hydrogen-bond acceptors (Lipinski definition) is 4. The van der Waals surface area contributed by atoms with E-state index in [9.17, 15) is 0 Å². The summed E-state index contributed by atoms with van der Waals surface area (Å²) in [5, 5.41) is 3.08. The molecular formula is C7H11N3O. The first-order valence-corrected chi connectivity index (χ1v) is 3.46. The van der Waals surface area contributed by atoms with Gasteiger partial charge in [0.05, 0.1) is 25.2 Å². The second-order valence-corrected chi connectivity index (χ2v) is 1.99. The normalized spacial score (nSPS) is 9.27. The lowest BCUT2D eigenvalue weighted by Gasteiger charge is -2.01. The molecule has 0 unspecified atom stereocenters. The SMILES string of the molecule is CCNc1cnc(OC)nc1. The van der Waals surface area contributed by atoms with Crippen LogP contribution in [0.15, 0.2) is 12.4 Å². The van der Waals surface area contributed by atoms with E-state index in [0.29, 0.717) is 6.01 Å². The molecule has 11 heavy (non-hydrogen) atoms. The summed E-state index contributed by atoms with van der Waals surface area (Å²) >= 11 is 0. The molecule has 0 atom stereocenters. The molecule has 0 aliphatic carbocycles. The summed E-state index contributed by atoms with van der Waals surface area (Å²) in [6.07, 6.45) is 3.38. The molecule has 0 aliphatic heterocycles. The quantitative estimate of drug-likeness (QED) is 0.701. The topological polar surface area (TPSA) is 47.0 Å². The summed E-state index contributed by atoms with van der Waals surface area (Å²) in [5.41, 5.74) is 0.910. The maximum Gasteiger partial charge on any atom is 0.316 e. The molecule has 0 aliphatic rings. The van der Waals surface area contributed by atoms with Crippen molar-refractivity contribution in [3.8, 4) is 6.01 Å². The summed E-state index contributed by atoms with van der Waals surface area (Å²) in [6.45, 7) is 2.89. The minimum Gasteiger partial charge on any atom is -0.467 e. The molecule has 1 heterocycles. The average Bonchev–Trinajstić information content (AvgIpc) is 2.07. The van der Waals surface area contributed by atoms with Gasteiger partial charge in [0.1, 0.15) is 0 Å². The van der Waals surface area contributed by atoms with Crippen molar-refractivity contribution in [2.24, 2.45) is 0 Å². The van der Waals surface area contributed by atoms with Gasteiger partial charge < -0.3 is 10.1 Å². The van der Waals surface area contributed by atoms with Crippen molar-refractivity contribution < 1.29 is 4.74 Å². The van der Waals surface area contributed by atoms with Crippen LogP contribution in [0.25, 0.3) is 0 Å². The second kappa shape index (κ2) is 3.75. The Kier molecular flexibility index (Phi) is 2.66. The molecule has 60 valence electrons. The van der Waals surface area contributed by atoms with Crippen molar-refractivity contribution in [2.45, 2.75) is 6.92 Å². The zero-order valence-electron chi connectivity index (χ0n) is 6.66. The van der Waals surface area contributed by atoms with E-state index in [1.807, 2.05) is 6.92 Å². The van der Waals surface area contributed by atoms with Gasteiger partial charge in [-0.1, -0.05) is 0 Å². The van der Waals surface area contributed by atoms with Gasteiger partial charge in [0.15, 0.2) is 0 Å². The number of rotatable bonds is 3. The summed E-state index contributed by atoms with van der Waals surface area (Å²) in [4.78, 5) is 7.84. The third-order valence-corrected chi connectivity index (χ3v) is 1.19. The molecule has 1 aromatic heterocycles. The van der Waals surface area contributed by atoms with E-state index >= 15 is 0 Å². The second-order valence-electron chi connectivity index (χ2n) is 1.99. The van der Waals surface area contributed by atoms with Crippen LogP contribution in [-0.2, 0) is 0 Å². The number of aromatic nitrogens is 2. The lowest BCUT2D eigenvalue weighted by Crippen LogP contribution is -1.98. The van der Waals surface area contributed by atoms with Gasteiger partial charge in [0.2, 0.25) is 0 Å². The standard InChI is InChI=1S/C7H11N3O/c1-3-8-6-4-9-7(11-2)10-5-6/h4-5,8H,3H2,1-2H3. The fraction of sp³-hybridized carbons (Fsp3) is 0.429. The highest BCUT2D eigenvalue weighted by Gasteiger charge is 1.93. The average molecular weight is 153 g/mol. The Morgan fingerprint density at radius 3 is 2.55 bits per heavy atom. The van der Waals surface area contributed by atoms with Crippen LogP contribution >= 0.6 is 0 Å². The first kappa shape index (κ1) is 7.78. The Labute approximate surface area is 65.6 Å². The van der Waals surface area contributed by atoms with Gasteiger partial charge in [0, 0.05) is 6.54 Å². The van der Waals surface area contributed by atoms with Gasteiger partial charge >= 0.3 is 6.01 Å². The molecule has 0 spiro atoms. The molecule has 0 aromatic carbocycles. The van der Waals surface area contributed by atoms with Gasteiger partial charge in [0.25, 0.3) is 0 Å². The van der Waals surface area contributed by atoms with Crippen molar-refractivity contribution in [3.63, 3.8) is 0 Å². The smallest absolute Gasteiger partial charge is 0.316 e. The number of methoxy groups -OCH3 is 1. The maximum absolute atomic E-state index is 4.80.